The van der Waals surface area contributed by atoms with Crippen LogP contribution in [0.1, 0.15) is 61.8 Å². The molecule has 0 heterocycles. The van der Waals surface area contributed by atoms with Crippen LogP contribution in [0.2, 0.25) is 0 Å². The van der Waals surface area contributed by atoms with Crippen LogP contribution in [0.3, 0.4) is 0 Å². The van der Waals surface area contributed by atoms with Gasteiger partial charge in [0.15, 0.2) is 0 Å². The zero-order chi connectivity index (χ0) is 37.4. The largest absolute Gasteiger partial charge is 0.416 e. The highest BCUT2D eigenvalue weighted by atomic mass is 32.2. The molecule has 0 spiro atoms. The van der Waals surface area contributed by atoms with Crippen LogP contribution < -0.4 is 0 Å². The number of alkyl halides is 3. The molecule has 6 heteroatoms. The Hall–Kier alpha value is -4.42. The first-order chi connectivity index (χ1) is 24.3. The summed E-state index contributed by atoms with van der Waals surface area (Å²) in [5.41, 5.74) is 8.98. The normalized spacial score (nSPS) is 12.7. The molecule has 0 aliphatic heterocycles. The molecule has 3 aromatic rings. The molecule has 0 atom stereocenters. The summed E-state index contributed by atoms with van der Waals surface area (Å²) in [6, 6.07) is 22.0. The van der Waals surface area contributed by atoms with Crippen molar-refractivity contribution in [2.24, 2.45) is 0 Å². The molecular formula is C45H53F3N2S. The van der Waals surface area contributed by atoms with Gasteiger partial charge < -0.3 is 9.80 Å². The lowest BCUT2D eigenvalue weighted by molar-refractivity contribution is -0.137. The highest BCUT2D eigenvalue weighted by molar-refractivity contribution is 8.02. The molecule has 0 bridgehead atoms. The second-order valence-electron chi connectivity index (χ2n) is 13.0. The maximum atomic E-state index is 13.0. The summed E-state index contributed by atoms with van der Waals surface area (Å²) in [6.07, 6.45) is 11.8. The highest BCUT2D eigenvalue weighted by Gasteiger charge is 2.30. The van der Waals surface area contributed by atoms with Crippen molar-refractivity contribution in [2.45, 2.75) is 64.9 Å². The van der Waals surface area contributed by atoms with Crippen LogP contribution in [0, 0.1) is 6.92 Å². The molecule has 0 aromatic heterocycles. The van der Waals surface area contributed by atoms with Crippen molar-refractivity contribution in [1.29, 1.82) is 0 Å². The minimum Gasteiger partial charge on any atom is -0.383 e. The molecule has 0 fully saturated rings. The first-order valence-corrected chi connectivity index (χ1v) is 18.4. The van der Waals surface area contributed by atoms with Gasteiger partial charge in [-0.15, -0.1) is 11.8 Å². The molecule has 0 aliphatic rings. The van der Waals surface area contributed by atoms with Gasteiger partial charge in [0.05, 0.1) is 5.56 Å². The highest BCUT2D eigenvalue weighted by Crippen LogP contribution is 2.32. The smallest absolute Gasteiger partial charge is 0.383 e. The number of aryl methyl sites for hydroxylation is 1. The Morgan fingerprint density at radius 3 is 2.04 bits per heavy atom. The van der Waals surface area contributed by atoms with Crippen molar-refractivity contribution >= 4 is 11.8 Å². The summed E-state index contributed by atoms with van der Waals surface area (Å²) in [7, 11) is 4.03. The van der Waals surface area contributed by atoms with Gasteiger partial charge in [-0.05, 0) is 102 Å². The number of hydrogen-bond acceptors (Lipinski definition) is 3. The van der Waals surface area contributed by atoms with Crippen LogP contribution in [-0.2, 0) is 18.5 Å². The van der Waals surface area contributed by atoms with Crippen LogP contribution in [0.15, 0.2) is 156 Å². The van der Waals surface area contributed by atoms with Crippen LogP contribution in [-0.4, -0.2) is 30.4 Å². The van der Waals surface area contributed by atoms with E-state index in [1.807, 2.05) is 61.1 Å². The van der Waals surface area contributed by atoms with E-state index in [1.165, 1.54) is 33.7 Å². The minimum atomic E-state index is -4.35. The number of benzene rings is 3. The molecule has 0 saturated heterocycles. The predicted molar refractivity (Wildman–Crippen MR) is 215 cm³/mol. The topological polar surface area (TPSA) is 6.48 Å². The molecule has 0 amide bonds. The molecule has 0 radical (unpaired) electrons. The molecule has 270 valence electrons. The molecule has 2 nitrogen and oxygen atoms in total. The Balaban J connectivity index is 1.74. The molecule has 3 aromatic carbocycles. The summed E-state index contributed by atoms with van der Waals surface area (Å²) in [5.74, 6) is 0.910. The van der Waals surface area contributed by atoms with Crippen molar-refractivity contribution in [1.82, 2.24) is 9.80 Å². The van der Waals surface area contributed by atoms with Crippen LogP contribution >= 0.6 is 11.8 Å². The number of nitrogens with zero attached hydrogens (tertiary/aromatic N) is 2. The molecule has 0 aliphatic carbocycles. The Labute approximate surface area is 309 Å². The van der Waals surface area contributed by atoms with Crippen molar-refractivity contribution in [2.75, 3.05) is 20.6 Å². The molecule has 51 heavy (non-hydrogen) atoms. The zero-order valence-corrected chi connectivity index (χ0v) is 31.7. The number of hydrogen-bond donors (Lipinski definition) is 0. The lowest BCUT2D eigenvalue weighted by atomic mass is 9.97. The molecule has 0 saturated carbocycles. The van der Waals surface area contributed by atoms with E-state index < -0.39 is 11.7 Å². The molecule has 3 rings (SSSR count). The Morgan fingerprint density at radius 2 is 1.47 bits per heavy atom. The average Bonchev–Trinajstić information content (AvgIpc) is 3.09. The van der Waals surface area contributed by atoms with Crippen molar-refractivity contribution in [3.05, 3.63) is 179 Å². The van der Waals surface area contributed by atoms with E-state index in [1.54, 1.807) is 0 Å². The average molecular weight is 711 g/mol. The van der Waals surface area contributed by atoms with Gasteiger partial charge >= 0.3 is 6.18 Å². The summed E-state index contributed by atoms with van der Waals surface area (Å²) < 4.78 is 39.1. The van der Waals surface area contributed by atoms with Gasteiger partial charge in [0, 0.05) is 44.8 Å². The maximum absolute atomic E-state index is 13.0. The fourth-order valence-corrected chi connectivity index (χ4v) is 6.23. The van der Waals surface area contributed by atoms with E-state index >= 15 is 0 Å². The van der Waals surface area contributed by atoms with Gasteiger partial charge in [0.1, 0.15) is 0 Å². The fraction of sp³-hybridized carbons (Fsp3) is 0.289. The monoisotopic (exact) mass is 710 g/mol. The van der Waals surface area contributed by atoms with Gasteiger partial charge in [-0.25, -0.2) is 0 Å². The number of halogens is 3. The number of allylic oxidation sites excluding steroid dienone is 9. The van der Waals surface area contributed by atoms with E-state index in [4.69, 9.17) is 0 Å². The summed E-state index contributed by atoms with van der Waals surface area (Å²) in [4.78, 5) is 5.54. The second kappa shape index (κ2) is 20.4. The zero-order valence-electron chi connectivity index (χ0n) is 30.9. The predicted octanol–water partition coefficient (Wildman–Crippen LogP) is 13.1. The van der Waals surface area contributed by atoms with Crippen LogP contribution in [0.4, 0.5) is 13.2 Å². The third-order valence-electron chi connectivity index (χ3n) is 8.33. The Kier molecular flexibility index (Phi) is 16.4. The van der Waals surface area contributed by atoms with Gasteiger partial charge in [-0.1, -0.05) is 117 Å². The van der Waals surface area contributed by atoms with E-state index in [2.05, 4.69) is 100 Å². The van der Waals surface area contributed by atoms with Crippen molar-refractivity contribution in [3.63, 3.8) is 0 Å². The third kappa shape index (κ3) is 14.4. The Morgan fingerprint density at radius 1 is 0.863 bits per heavy atom. The quantitative estimate of drug-likeness (QED) is 0.0903. The van der Waals surface area contributed by atoms with Crippen LogP contribution in [0.5, 0.6) is 0 Å². The molecule has 0 unspecified atom stereocenters. The SMILES string of the molecule is C=C/C(=C\N(C)C)C/C(=C/CCC(=C)N(CC=CCC)Cc1ccc(-c2ccc(C(F)(F)F)cc2)cc1)C(=C)/C=C(\C)SCc1ccc(C)cc1. The lowest BCUT2D eigenvalue weighted by Gasteiger charge is -2.26. The van der Waals surface area contributed by atoms with Gasteiger partial charge in [0.25, 0.3) is 0 Å². The minimum absolute atomic E-state index is 0.644. The maximum Gasteiger partial charge on any atom is 0.416 e. The first kappa shape index (κ1) is 41.0. The first-order valence-electron chi connectivity index (χ1n) is 17.4. The lowest BCUT2D eigenvalue weighted by Crippen LogP contribution is -2.22. The van der Waals surface area contributed by atoms with E-state index in [9.17, 15) is 13.2 Å². The third-order valence-corrected chi connectivity index (χ3v) is 9.38. The van der Waals surface area contributed by atoms with Crippen LogP contribution in [0.25, 0.3) is 11.1 Å². The van der Waals surface area contributed by atoms with Gasteiger partial charge in [-0.2, -0.15) is 13.2 Å². The van der Waals surface area contributed by atoms with E-state index in [0.29, 0.717) is 6.54 Å². The molecular weight excluding hydrogens is 658 g/mol. The van der Waals surface area contributed by atoms with Crippen molar-refractivity contribution < 1.29 is 13.2 Å². The van der Waals surface area contributed by atoms with E-state index in [-0.39, 0.29) is 0 Å². The fourth-order valence-electron chi connectivity index (χ4n) is 5.42. The van der Waals surface area contributed by atoms with E-state index in [0.717, 1.165) is 83.6 Å². The second-order valence-corrected chi connectivity index (χ2v) is 14.2. The Bertz CT molecular complexity index is 1700. The summed E-state index contributed by atoms with van der Waals surface area (Å²) in [6.45, 7) is 20.8. The van der Waals surface area contributed by atoms with Gasteiger partial charge in [-0.3, -0.25) is 0 Å². The number of rotatable bonds is 19. The van der Waals surface area contributed by atoms with Gasteiger partial charge in [0.2, 0.25) is 0 Å². The molecule has 0 N–H and O–H groups in total. The summed E-state index contributed by atoms with van der Waals surface area (Å²) >= 11 is 1.82. The standard InChI is InChI=1S/C45H53F3N2S/c1-9-11-12-28-50(32-39-20-22-41(23-21-39)42-24-26-44(27-25-42)45(46,47)48)36(5)14-13-15-43(30-38(10-2)31-49(7)8)35(4)29-37(6)51-33-40-18-16-34(3)17-19-40/h10-12,15-27,29,31H,2,4-5,9,13-14,28,30,32-33H2,1,3,6-8H3/b12-11?,37-29+,38-31+,43-15-. The number of thioether (sulfide) groups is 1. The van der Waals surface area contributed by atoms with Crippen molar-refractivity contribution in [3.8, 4) is 11.1 Å². The summed E-state index contributed by atoms with van der Waals surface area (Å²) in [5, 5.41) is 0.